The number of hydrogen-bond acceptors (Lipinski definition) is 5. The molecule has 0 saturated heterocycles. The quantitative estimate of drug-likeness (QED) is 0.519. The van der Waals surface area contributed by atoms with Gasteiger partial charge < -0.3 is 5.73 Å². The van der Waals surface area contributed by atoms with Gasteiger partial charge in [-0.15, -0.1) is 17.7 Å². The Bertz CT molecular complexity index is 184. The van der Waals surface area contributed by atoms with Gasteiger partial charge in [0.15, 0.2) is 0 Å². The Labute approximate surface area is 57.6 Å². The molecule has 0 amide bonds. The van der Waals surface area contributed by atoms with E-state index in [1.165, 1.54) is 4.68 Å². The smallest absolute Gasteiger partial charge is 0.206 e. The van der Waals surface area contributed by atoms with E-state index in [1.807, 2.05) is 0 Å². The van der Waals surface area contributed by atoms with E-state index >= 15 is 0 Å². The van der Waals surface area contributed by atoms with Crippen molar-refractivity contribution in [3.8, 4) is 0 Å². The lowest BCUT2D eigenvalue weighted by molar-refractivity contribution is 0.558. The van der Waals surface area contributed by atoms with E-state index in [2.05, 4.69) is 28.2 Å². The third kappa shape index (κ3) is 1.39. The summed E-state index contributed by atoms with van der Waals surface area (Å²) in [4.78, 5) is 0. The first-order valence-corrected chi connectivity index (χ1v) is 2.94. The summed E-state index contributed by atoms with van der Waals surface area (Å²) in [6.45, 7) is 1.14. The molecule has 1 rings (SSSR count). The second-order valence-corrected chi connectivity index (χ2v) is 1.89. The second-order valence-electron chi connectivity index (χ2n) is 1.49. The van der Waals surface area contributed by atoms with Crippen LogP contribution in [0.3, 0.4) is 0 Å². The van der Waals surface area contributed by atoms with Crippen LogP contribution in [0.1, 0.15) is 0 Å². The van der Waals surface area contributed by atoms with Crippen LogP contribution in [-0.2, 0) is 6.54 Å². The number of rotatable bonds is 2. The van der Waals surface area contributed by atoms with Crippen molar-refractivity contribution in [3.05, 3.63) is 0 Å². The van der Waals surface area contributed by atoms with Gasteiger partial charge in [0.25, 0.3) is 0 Å². The SMILES string of the molecule is NCCn1nnnc1S. The fourth-order valence-electron chi connectivity index (χ4n) is 0.467. The highest BCUT2D eigenvalue weighted by molar-refractivity contribution is 7.80. The zero-order chi connectivity index (χ0) is 6.69. The molecular formula is C3H7N5S. The van der Waals surface area contributed by atoms with E-state index in [-0.39, 0.29) is 0 Å². The minimum atomic E-state index is 0.500. The zero-order valence-electron chi connectivity index (χ0n) is 4.73. The van der Waals surface area contributed by atoms with Gasteiger partial charge in [0, 0.05) is 6.54 Å². The first-order valence-electron chi connectivity index (χ1n) is 2.50. The number of aromatic nitrogens is 4. The summed E-state index contributed by atoms with van der Waals surface area (Å²) in [7, 11) is 0. The Balaban J connectivity index is 2.69. The van der Waals surface area contributed by atoms with Crippen molar-refractivity contribution in [1.29, 1.82) is 0 Å². The summed E-state index contributed by atoms with van der Waals surface area (Å²) in [5.41, 5.74) is 5.24. The average molecular weight is 145 g/mol. The molecule has 9 heavy (non-hydrogen) atoms. The molecule has 0 unspecified atom stereocenters. The normalized spacial score (nSPS) is 10.0. The largest absolute Gasteiger partial charge is 0.329 e. The fourth-order valence-corrected chi connectivity index (χ4v) is 0.647. The summed E-state index contributed by atoms with van der Waals surface area (Å²) in [5.74, 6) is 0. The third-order valence-corrected chi connectivity index (χ3v) is 1.17. The topological polar surface area (TPSA) is 69.6 Å². The van der Waals surface area contributed by atoms with Crippen LogP contribution in [0, 0.1) is 0 Å². The molecule has 0 aliphatic heterocycles. The Morgan fingerprint density at radius 3 is 2.89 bits per heavy atom. The number of nitrogens with zero attached hydrogens (tertiary/aromatic N) is 4. The van der Waals surface area contributed by atoms with Crippen LogP contribution in [0.25, 0.3) is 0 Å². The van der Waals surface area contributed by atoms with E-state index in [0.717, 1.165) is 0 Å². The van der Waals surface area contributed by atoms with Crippen molar-refractivity contribution >= 4 is 12.6 Å². The minimum absolute atomic E-state index is 0.500. The molecule has 1 aromatic rings. The molecule has 50 valence electrons. The van der Waals surface area contributed by atoms with Gasteiger partial charge in [-0.3, -0.25) is 0 Å². The molecule has 1 aromatic heterocycles. The molecule has 0 aliphatic rings. The third-order valence-electron chi connectivity index (χ3n) is 0.854. The van der Waals surface area contributed by atoms with Crippen LogP contribution >= 0.6 is 12.6 Å². The van der Waals surface area contributed by atoms with Crippen LogP contribution in [0.4, 0.5) is 0 Å². The number of tetrazole rings is 1. The Morgan fingerprint density at radius 1 is 1.67 bits per heavy atom. The molecule has 2 N–H and O–H groups in total. The Hall–Kier alpha value is -0.620. The van der Waals surface area contributed by atoms with Gasteiger partial charge in [0.05, 0.1) is 6.54 Å². The predicted octanol–water partition coefficient (Wildman–Crippen LogP) is -1.08. The van der Waals surface area contributed by atoms with E-state index in [9.17, 15) is 0 Å². The van der Waals surface area contributed by atoms with Crippen molar-refractivity contribution in [2.75, 3.05) is 6.54 Å². The number of nitrogens with two attached hydrogens (primary N) is 1. The van der Waals surface area contributed by atoms with Crippen LogP contribution in [0.2, 0.25) is 0 Å². The van der Waals surface area contributed by atoms with Crippen molar-refractivity contribution in [2.45, 2.75) is 11.7 Å². The van der Waals surface area contributed by atoms with Crippen molar-refractivity contribution < 1.29 is 0 Å². The van der Waals surface area contributed by atoms with Crippen molar-refractivity contribution in [1.82, 2.24) is 20.2 Å². The molecule has 0 saturated carbocycles. The lowest BCUT2D eigenvalue weighted by atomic mass is 10.7. The monoisotopic (exact) mass is 145 g/mol. The van der Waals surface area contributed by atoms with Gasteiger partial charge in [0.2, 0.25) is 5.16 Å². The molecule has 0 radical (unpaired) electrons. The molecule has 0 fully saturated rings. The zero-order valence-corrected chi connectivity index (χ0v) is 5.62. The van der Waals surface area contributed by atoms with Gasteiger partial charge in [-0.2, -0.15) is 0 Å². The summed E-state index contributed by atoms with van der Waals surface area (Å²) >= 11 is 3.95. The van der Waals surface area contributed by atoms with Crippen molar-refractivity contribution in [2.24, 2.45) is 5.73 Å². The van der Waals surface area contributed by atoms with Crippen LogP contribution in [-0.4, -0.2) is 26.8 Å². The van der Waals surface area contributed by atoms with Gasteiger partial charge >= 0.3 is 0 Å². The lowest BCUT2D eigenvalue weighted by Crippen LogP contribution is -2.11. The molecule has 5 nitrogen and oxygen atoms in total. The van der Waals surface area contributed by atoms with Crippen LogP contribution in [0.15, 0.2) is 5.16 Å². The lowest BCUT2D eigenvalue weighted by Gasteiger charge is -1.93. The Kier molecular flexibility index (Phi) is 2.01. The molecular weight excluding hydrogens is 138 g/mol. The predicted molar refractivity (Wildman–Crippen MR) is 34.1 cm³/mol. The maximum atomic E-state index is 5.24. The van der Waals surface area contributed by atoms with E-state index in [0.29, 0.717) is 18.2 Å². The number of thiol groups is 1. The maximum Gasteiger partial charge on any atom is 0.206 e. The van der Waals surface area contributed by atoms with Crippen LogP contribution < -0.4 is 5.73 Å². The number of hydrogen-bond donors (Lipinski definition) is 2. The summed E-state index contributed by atoms with van der Waals surface area (Å²) in [6.07, 6.45) is 0. The van der Waals surface area contributed by atoms with Gasteiger partial charge in [0.1, 0.15) is 0 Å². The van der Waals surface area contributed by atoms with Crippen LogP contribution in [0.5, 0.6) is 0 Å². The molecule has 0 bridgehead atoms. The molecule has 1 heterocycles. The fraction of sp³-hybridized carbons (Fsp3) is 0.667. The minimum Gasteiger partial charge on any atom is -0.329 e. The van der Waals surface area contributed by atoms with Crippen molar-refractivity contribution in [3.63, 3.8) is 0 Å². The van der Waals surface area contributed by atoms with Gasteiger partial charge in [-0.1, -0.05) is 0 Å². The molecule has 0 spiro atoms. The highest BCUT2D eigenvalue weighted by Crippen LogP contribution is 1.94. The highest BCUT2D eigenvalue weighted by atomic mass is 32.1. The van der Waals surface area contributed by atoms with Gasteiger partial charge in [-0.25, -0.2) is 4.68 Å². The first kappa shape index (κ1) is 6.50. The Morgan fingerprint density at radius 2 is 2.44 bits per heavy atom. The van der Waals surface area contributed by atoms with E-state index in [4.69, 9.17) is 5.73 Å². The standard InChI is InChI=1S/C3H7N5S/c4-1-2-8-3(9)5-6-7-8/h1-2,4H2,(H,5,7,9). The molecule has 6 heteroatoms. The van der Waals surface area contributed by atoms with E-state index < -0.39 is 0 Å². The summed E-state index contributed by atoms with van der Waals surface area (Å²) < 4.78 is 1.53. The molecule has 0 aromatic carbocycles. The second kappa shape index (κ2) is 2.79. The molecule has 0 aliphatic carbocycles. The van der Waals surface area contributed by atoms with Gasteiger partial charge in [-0.05, 0) is 10.4 Å². The maximum absolute atomic E-state index is 5.24. The average Bonchev–Trinajstić information content (AvgIpc) is 2.18. The highest BCUT2D eigenvalue weighted by Gasteiger charge is 1.96. The van der Waals surface area contributed by atoms with E-state index in [1.54, 1.807) is 0 Å². The first-order chi connectivity index (χ1) is 4.34. The summed E-state index contributed by atoms with van der Waals surface area (Å²) in [5, 5.41) is 11.0. The summed E-state index contributed by atoms with van der Waals surface area (Å²) in [6, 6.07) is 0. The molecule has 0 atom stereocenters.